The van der Waals surface area contributed by atoms with E-state index in [-0.39, 0.29) is 27.9 Å². The molecule has 10 heteroatoms. The van der Waals surface area contributed by atoms with Crippen LogP contribution in [0.4, 0.5) is 23.7 Å². The number of nitrogens with one attached hydrogen (secondary N) is 1. The second-order valence-corrected chi connectivity index (χ2v) is 6.49. The highest BCUT2D eigenvalue weighted by Crippen LogP contribution is 2.41. The summed E-state index contributed by atoms with van der Waals surface area (Å²) in [6.07, 6.45) is 3.14. The van der Waals surface area contributed by atoms with Crippen molar-refractivity contribution in [3.63, 3.8) is 0 Å². The predicted molar refractivity (Wildman–Crippen MR) is 91.0 cm³/mol. The number of nitrogens with two attached hydrogens (primary N) is 2. The monoisotopic (exact) mass is 374 g/mol. The smallest absolute Gasteiger partial charge is 0.274 e. The maximum absolute atomic E-state index is 12.8. The topological polar surface area (TPSA) is 84.4 Å². The minimum Gasteiger partial charge on any atom is -0.274 e. The van der Waals surface area contributed by atoms with Crippen LogP contribution in [0.2, 0.25) is 0 Å². The molecule has 0 atom stereocenters. The van der Waals surface area contributed by atoms with Crippen molar-refractivity contribution >= 4 is 47.0 Å². The van der Waals surface area contributed by atoms with Crippen LogP contribution in [0, 0.1) is 0 Å². The van der Waals surface area contributed by atoms with Crippen LogP contribution in [0.5, 0.6) is 0 Å². The van der Waals surface area contributed by atoms with Gasteiger partial charge in [-0.15, -0.1) is 11.3 Å². The van der Waals surface area contributed by atoms with Gasteiger partial charge < -0.3 is 0 Å². The Kier molecular flexibility index (Phi) is 5.89. The minimum absolute atomic E-state index is 0.0759. The number of thioether (sulfide) groups is 1. The molecule has 1 aromatic heterocycles. The highest BCUT2D eigenvalue weighted by atomic mass is 32.2. The number of rotatable bonds is 4. The number of hydrogen-bond donors (Lipinski definition) is 3. The molecule has 2 aromatic rings. The van der Waals surface area contributed by atoms with E-state index < -0.39 is 11.5 Å². The number of carbonyl (C=O) groups is 1. The Bertz CT molecular complexity index is 732. The van der Waals surface area contributed by atoms with Crippen molar-refractivity contribution in [3.05, 3.63) is 46.2 Å². The first-order valence-electron chi connectivity index (χ1n) is 6.47. The van der Waals surface area contributed by atoms with Gasteiger partial charge in [-0.05, 0) is 41.4 Å². The molecule has 128 valence electrons. The van der Waals surface area contributed by atoms with Gasteiger partial charge in [0.2, 0.25) is 0 Å². The van der Waals surface area contributed by atoms with Crippen LogP contribution in [0.25, 0.3) is 12.2 Å². The number of benzene rings is 1. The lowest BCUT2D eigenvalue weighted by atomic mass is 10.1. The first-order chi connectivity index (χ1) is 11.3. The number of anilines is 1. The molecule has 1 heterocycles. The largest absolute Gasteiger partial charge is 0.446 e. The number of amides is 2. The van der Waals surface area contributed by atoms with E-state index in [0.29, 0.717) is 5.01 Å². The molecule has 0 aliphatic heterocycles. The maximum Gasteiger partial charge on any atom is 0.446 e. The fourth-order valence-electron chi connectivity index (χ4n) is 1.85. The van der Waals surface area contributed by atoms with Gasteiger partial charge in [0.05, 0.1) is 5.69 Å². The summed E-state index contributed by atoms with van der Waals surface area (Å²) in [6, 6.07) is 6.91. The fourth-order valence-corrected chi connectivity index (χ4v) is 3.15. The van der Waals surface area contributed by atoms with Crippen molar-refractivity contribution in [3.8, 4) is 0 Å². The average molecular weight is 374 g/mol. The lowest BCUT2D eigenvalue weighted by Gasteiger charge is -2.20. The lowest BCUT2D eigenvalue weighted by molar-refractivity contribution is -0.0328. The van der Waals surface area contributed by atoms with Crippen molar-refractivity contribution in [2.75, 3.05) is 5.01 Å². The van der Waals surface area contributed by atoms with Crippen LogP contribution in [-0.4, -0.2) is 11.5 Å². The molecule has 5 N–H and O–H groups in total. The van der Waals surface area contributed by atoms with Gasteiger partial charge in [0.1, 0.15) is 0 Å². The number of hydrazine groups is 2. The molecule has 0 saturated carbocycles. The molecule has 0 fully saturated rings. The summed E-state index contributed by atoms with van der Waals surface area (Å²) < 4.78 is 38.4. The first-order valence-corrected chi connectivity index (χ1v) is 8.17. The molecule has 0 radical (unpaired) electrons. The summed E-state index contributed by atoms with van der Waals surface area (Å²) in [5.41, 5.74) is -2.37. The Labute approximate surface area is 144 Å². The minimum atomic E-state index is -4.47. The van der Waals surface area contributed by atoms with E-state index in [0.717, 1.165) is 4.88 Å². The summed E-state index contributed by atoms with van der Waals surface area (Å²) in [6.45, 7) is 0. The maximum atomic E-state index is 12.8. The number of halogens is 3. The molecule has 0 saturated heterocycles. The number of carbonyl (C=O) groups excluding carboxylic acids is 1. The normalized spacial score (nSPS) is 11.7. The van der Waals surface area contributed by atoms with Crippen LogP contribution in [-0.2, 0) is 0 Å². The zero-order valence-electron chi connectivity index (χ0n) is 12.1. The lowest BCUT2D eigenvalue weighted by Crippen LogP contribution is -2.47. The molecule has 2 amide bonds. The Morgan fingerprint density at radius 1 is 1.25 bits per heavy atom. The van der Waals surface area contributed by atoms with Gasteiger partial charge in [-0.3, -0.25) is 5.43 Å². The Morgan fingerprint density at radius 3 is 2.58 bits per heavy atom. The zero-order chi connectivity index (χ0) is 17.7. The Morgan fingerprint density at radius 2 is 2.00 bits per heavy atom. The summed E-state index contributed by atoms with van der Waals surface area (Å²) in [4.78, 5) is 12.4. The third-order valence-electron chi connectivity index (χ3n) is 2.83. The number of hydrogen-bond acceptors (Lipinski definition) is 5. The molecular formula is C14H13F3N4OS2. The number of thiophene rings is 1. The molecule has 0 aliphatic rings. The molecule has 0 bridgehead atoms. The van der Waals surface area contributed by atoms with Crippen molar-refractivity contribution in [2.45, 2.75) is 10.4 Å². The first kappa shape index (κ1) is 18.3. The molecule has 1 aromatic carbocycles. The molecule has 24 heavy (non-hydrogen) atoms. The fraction of sp³-hybridized carbons (Fsp3) is 0.0714. The predicted octanol–water partition coefficient (Wildman–Crippen LogP) is 3.79. The van der Waals surface area contributed by atoms with Gasteiger partial charge in [-0.25, -0.2) is 21.5 Å². The van der Waals surface area contributed by atoms with Gasteiger partial charge in [-0.1, -0.05) is 18.2 Å². The molecule has 2 rings (SSSR count). The van der Waals surface area contributed by atoms with Crippen LogP contribution >= 0.6 is 23.1 Å². The molecule has 0 spiro atoms. The van der Waals surface area contributed by atoms with Gasteiger partial charge in [0.15, 0.2) is 0 Å². The van der Waals surface area contributed by atoms with Gasteiger partial charge in [0.25, 0.3) is 0 Å². The van der Waals surface area contributed by atoms with E-state index in [1.54, 1.807) is 6.08 Å². The second kappa shape index (κ2) is 7.71. The Hall–Kier alpha value is -2.01. The van der Waals surface area contributed by atoms with Crippen LogP contribution in [0.15, 0.2) is 40.6 Å². The van der Waals surface area contributed by atoms with Crippen molar-refractivity contribution in [2.24, 2.45) is 11.7 Å². The summed E-state index contributed by atoms with van der Waals surface area (Å²) >= 11 is 1.15. The second-order valence-electron chi connectivity index (χ2n) is 4.40. The number of urea groups is 1. The quantitative estimate of drug-likeness (QED) is 0.329. The molecule has 0 aliphatic carbocycles. The number of nitrogens with zero attached hydrogens (tertiary/aromatic N) is 1. The number of alkyl halides is 3. The molecular weight excluding hydrogens is 361 g/mol. The summed E-state index contributed by atoms with van der Waals surface area (Å²) in [5, 5.41) is 2.50. The van der Waals surface area contributed by atoms with E-state index in [1.807, 2.05) is 22.9 Å². The van der Waals surface area contributed by atoms with Gasteiger partial charge in [-0.2, -0.15) is 13.2 Å². The van der Waals surface area contributed by atoms with E-state index in [1.165, 1.54) is 35.6 Å². The van der Waals surface area contributed by atoms with Crippen LogP contribution in [0.1, 0.15) is 10.4 Å². The van der Waals surface area contributed by atoms with Crippen molar-refractivity contribution < 1.29 is 18.0 Å². The van der Waals surface area contributed by atoms with Gasteiger partial charge in [0, 0.05) is 15.3 Å². The average Bonchev–Trinajstić information content (AvgIpc) is 3.04. The standard InChI is InChI=1S/C14H13F3N4OS2/c15-14(16,17)24-12-5-1-4-11(21(19)13(22)20-18)10(12)7-6-9-3-2-8-23-9/h1-8H,18-19H2,(H,20,22)/b7-6+. The highest BCUT2D eigenvalue weighted by Gasteiger charge is 2.31. The van der Waals surface area contributed by atoms with E-state index in [4.69, 9.17) is 11.7 Å². The summed E-state index contributed by atoms with van der Waals surface area (Å²) in [7, 11) is 0. The van der Waals surface area contributed by atoms with Crippen LogP contribution < -0.4 is 22.1 Å². The zero-order valence-corrected chi connectivity index (χ0v) is 13.7. The summed E-state index contributed by atoms with van der Waals surface area (Å²) in [5.74, 6) is 10.7. The van der Waals surface area contributed by atoms with E-state index in [2.05, 4.69) is 0 Å². The Balaban J connectivity index is 2.49. The van der Waals surface area contributed by atoms with E-state index in [9.17, 15) is 18.0 Å². The van der Waals surface area contributed by atoms with E-state index >= 15 is 0 Å². The molecule has 0 unspecified atom stereocenters. The van der Waals surface area contributed by atoms with Crippen molar-refractivity contribution in [1.29, 1.82) is 0 Å². The van der Waals surface area contributed by atoms with Crippen molar-refractivity contribution in [1.82, 2.24) is 5.43 Å². The third-order valence-corrected chi connectivity index (χ3v) is 4.47. The highest BCUT2D eigenvalue weighted by molar-refractivity contribution is 8.00. The third kappa shape index (κ3) is 4.74. The van der Waals surface area contributed by atoms with Crippen LogP contribution in [0.3, 0.4) is 0 Å². The molecule has 5 nitrogen and oxygen atoms in total. The van der Waals surface area contributed by atoms with Gasteiger partial charge >= 0.3 is 11.5 Å². The SMILES string of the molecule is NNC(=O)N(N)c1cccc(SC(F)(F)F)c1/C=C/c1cccs1.